The van der Waals surface area contributed by atoms with Crippen molar-refractivity contribution in [3.63, 3.8) is 0 Å². The van der Waals surface area contributed by atoms with Crippen LogP contribution in [0.15, 0.2) is 12.1 Å². The second-order valence-electron chi connectivity index (χ2n) is 15.9. The fraction of sp³-hybridized carbons (Fsp3) is 0.860. The summed E-state index contributed by atoms with van der Waals surface area (Å²) in [5, 5.41) is 42.1. The van der Waals surface area contributed by atoms with Crippen LogP contribution in [-0.2, 0) is 0 Å². The summed E-state index contributed by atoms with van der Waals surface area (Å²) in [5.74, 6) is -1.46. The molecule has 1 aromatic rings. The molecule has 0 saturated carbocycles. The fourth-order valence-electron chi connectivity index (χ4n) is 7.24. The summed E-state index contributed by atoms with van der Waals surface area (Å²) < 4.78 is 1.37. The molecule has 11 nitrogen and oxygen atoms in total. The summed E-state index contributed by atoms with van der Waals surface area (Å²) in [5.41, 5.74) is -3.26. The number of unbranched alkanes of at least 4 members (excludes halogenated alkanes) is 27. The van der Waals surface area contributed by atoms with E-state index >= 15 is 0 Å². The van der Waals surface area contributed by atoms with E-state index in [1.807, 2.05) is 0 Å². The molecule has 0 heterocycles. The van der Waals surface area contributed by atoms with Crippen LogP contribution in [0.1, 0.15) is 213 Å². The molecule has 0 spiro atoms. The average Bonchev–Trinajstić information content (AvgIpc) is 3.14. The molecule has 0 saturated heterocycles. The van der Waals surface area contributed by atoms with E-state index in [1.54, 1.807) is 0 Å². The predicted molar refractivity (Wildman–Crippen MR) is 222 cm³/mol. The summed E-state index contributed by atoms with van der Waals surface area (Å²) in [6.45, 7) is 11.3. The Hall–Kier alpha value is -2.82. The van der Waals surface area contributed by atoms with E-state index in [0.717, 1.165) is 0 Å². The Bertz CT molecular complexity index is 1010. The zero-order valence-electron chi connectivity index (χ0n) is 35.1. The summed E-state index contributed by atoms with van der Waals surface area (Å²) in [6.07, 6.45) is 43.8. The highest BCUT2D eigenvalue weighted by Crippen LogP contribution is 2.37. The van der Waals surface area contributed by atoms with Crippen LogP contribution in [0.2, 0.25) is 0 Å². The molecule has 0 atom stereocenters. The molecule has 314 valence electrons. The van der Waals surface area contributed by atoms with Gasteiger partial charge in [0.05, 0.1) is 59.3 Å². The largest absolute Gasteiger partial charge is 0.863 e. The van der Waals surface area contributed by atoms with Gasteiger partial charge in [0.2, 0.25) is 0 Å². The first-order valence-electron chi connectivity index (χ1n) is 22.1. The van der Waals surface area contributed by atoms with E-state index < -0.39 is 37.6 Å². The number of nitro benzene ring substituents is 3. The maximum Gasteiger partial charge on any atom is 0.283 e. The Morgan fingerprint density at radius 1 is 0.407 bits per heavy atom. The predicted octanol–water partition coefficient (Wildman–Crippen LogP) is 13.7. The molecule has 0 amide bonds. The highest BCUT2D eigenvalue weighted by molar-refractivity contribution is 5.64. The minimum Gasteiger partial charge on any atom is -0.863 e. The van der Waals surface area contributed by atoms with Crippen LogP contribution in [0.25, 0.3) is 0 Å². The lowest BCUT2D eigenvalue weighted by atomic mass is 10.0. The first kappa shape index (κ1) is 51.2. The van der Waals surface area contributed by atoms with E-state index in [4.69, 9.17) is 0 Å². The van der Waals surface area contributed by atoms with Crippen molar-refractivity contribution in [3.05, 3.63) is 42.5 Å². The molecule has 1 rings (SSSR count). The number of hydrogen-bond acceptors (Lipinski definition) is 7. The molecule has 0 aliphatic carbocycles. The number of nitrogens with zero attached hydrogens (tertiary/aromatic N) is 4. The maximum absolute atomic E-state index is 11.1. The van der Waals surface area contributed by atoms with Gasteiger partial charge in [-0.25, -0.2) is 0 Å². The molecule has 0 aromatic heterocycles. The van der Waals surface area contributed by atoms with Crippen molar-refractivity contribution in [1.29, 1.82) is 0 Å². The maximum atomic E-state index is 11.1. The van der Waals surface area contributed by atoms with Crippen LogP contribution in [0.3, 0.4) is 0 Å². The van der Waals surface area contributed by atoms with Crippen LogP contribution in [0.5, 0.6) is 5.75 Å². The molecule has 0 radical (unpaired) electrons. The molecule has 11 heteroatoms. The average molecular weight is 765 g/mol. The van der Waals surface area contributed by atoms with Crippen molar-refractivity contribution in [2.45, 2.75) is 213 Å². The van der Waals surface area contributed by atoms with E-state index in [-0.39, 0.29) is 0 Å². The quantitative estimate of drug-likeness (QED) is 0.0285. The standard InChI is InChI=1S/C37H78N.C6H3N3O7/c1-5-8-11-14-17-20-23-26-29-32-35-38(4,36-33-30-27-24-21-18-15-12-9-6-2)37-34-31-28-25-22-19-16-13-10-7-3;10-6-4(8(13)14)1-3(7(11)12)2-5(6)9(15)16/h5-37H2,1-4H3;1-2,10H/q+1;/p-1. The Labute approximate surface area is 329 Å². The van der Waals surface area contributed by atoms with Gasteiger partial charge in [0.1, 0.15) is 0 Å². The number of hydrogen-bond donors (Lipinski definition) is 0. The topological polar surface area (TPSA) is 152 Å². The van der Waals surface area contributed by atoms with Crippen molar-refractivity contribution < 1.29 is 24.4 Å². The number of benzene rings is 1. The molecule has 0 unspecified atom stereocenters. The lowest BCUT2D eigenvalue weighted by Gasteiger charge is -2.35. The highest BCUT2D eigenvalue weighted by atomic mass is 16.6. The third-order valence-corrected chi connectivity index (χ3v) is 10.8. The smallest absolute Gasteiger partial charge is 0.283 e. The van der Waals surface area contributed by atoms with Gasteiger partial charge in [-0.15, -0.1) is 0 Å². The van der Waals surface area contributed by atoms with Crippen LogP contribution in [0.4, 0.5) is 17.1 Å². The minimum absolute atomic E-state index is 0.384. The molecular formula is C43H80N4O7. The monoisotopic (exact) mass is 765 g/mol. The van der Waals surface area contributed by atoms with Crippen molar-refractivity contribution in [2.24, 2.45) is 0 Å². The molecule has 54 heavy (non-hydrogen) atoms. The van der Waals surface area contributed by atoms with Gasteiger partial charge >= 0.3 is 0 Å². The van der Waals surface area contributed by atoms with E-state index in [2.05, 4.69) is 27.8 Å². The van der Waals surface area contributed by atoms with E-state index in [1.165, 1.54) is 217 Å². The van der Waals surface area contributed by atoms with Crippen molar-refractivity contribution >= 4 is 17.1 Å². The zero-order chi connectivity index (χ0) is 40.3. The van der Waals surface area contributed by atoms with Gasteiger partial charge in [-0.3, -0.25) is 30.3 Å². The minimum atomic E-state index is -1.46. The number of nitro groups is 3. The Kier molecular flexibility index (Phi) is 32.8. The lowest BCUT2D eigenvalue weighted by Crippen LogP contribution is -2.46. The van der Waals surface area contributed by atoms with E-state index in [0.29, 0.717) is 12.1 Å². The first-order chi connectivity index (χ1) is 26.0. The van der Waals surface area contributed by atoms with Gasteiger partial charge in [-0.05, 0) is 38.5 Å². The zero-order valence-corrected chi connectivity index (χ0v) is 35.1. The molecule has 0 N–H and O–H groups in total. The molecular weight excluding hydrogens is 684 g/mol. The molecule has 0 aliphatic heterocycles. The van der Waals surface area contributed by atoms with Crippen molar-refractivity contribution in [1.82, 2.24) is 0 Å². The Morgan fingerprint density at radius 2 is 0.630 bits per heavy atom. The molecule has 0 aliphatic rings. The van der Waals surface area contributed by atoms with Crippen LogP contribution >= 0.6 is 0 Å². The summed E-state index contributed by atoms with van der Waals surface area (Å²) >= 11 is 0. The van der Waals surface area contributed by atoms with Crippen LogP contribution < -0.4 is 5.11 Å². The van der Waals surface area contributed by atoms with Gasteiger partial charge in [0.15, 0.2) is 0 Å². The van der Waals surface area contributed by atoms with E-state index in [9.17, 15) is 35.4 Å². The number of quaternary nitrogens is 1. The molecule has 0 fully saturated rings. The van der Waals surface area contributed by atoms with Crippen LogP contribution in [-0.4, -0.2) is 45.9 Å². The van der Waals surface area contributed by atoms with Gasteiger partial charge in [-0.1, -0.05) is 175 Å². The third-order valence-electron chi connectivity index (χ3n) is 10.8. The highest BCUT2D eigenvalue weighted by Gasteiger charge is 2.24. The summed E-state index contributed by atoms with van der Waals surface area (Å²) in [7, 11) is 2.61. The molecule has 1 aromatic carbocycles. The van der Waals surface area contributed by atoms with Gasteiger partial charge in [0.25, 0.3) is 17.1 Å². The second kappa shape index (κ2) is 34.7. The second-order valence-corrected chi connectivity index (χ2v) is 15.9. The van der Waals surface area contributed by atoms with Gasteiger partial charge in [-0.2, -0.15) is 0 Å². The fourth-order valence-corrected chi connectivity index (χ4v) is 7.24. The SMILES string of the molecule is CCCCCCCCCCCC[N+](C)(CCCCCCCCCCCC)CCCCCCCCCCCC.O=[N+]([O-])c1cc([N+](=O)[O-])c([O-])c([N+](=O)[O-])c1. The third kappa shape index (κ3) is 27.7. The summed E-state index contributed by atoms with van der Waals surface area (Å²) in [6, 6.07) is 0.769. The van der Waals surface area contributed by atoms with Crippen molar-refractivity contribution in [3.8, 4) is 5.75 Å². The van der Waals surface area contributed by atoms with Crippen molar-refractivity contribution in [2.75, 3.05) is 26.7 Å². The lowest BCUT2D eigenvalue weighted by molar-refractivity contribution is -0.910. The first-order valence-corrected chi connectivity index (χ1v) is 22.1. The normalized spacial score (nSPS) is 11.3. The van der Waals surface area contributed by atoms with Crippen LogP contribution in [0, 0.1) is 30.3 Å². The molecule has 0 bridgehead atoms. The number of non-ortho nitro benzene ring substituents is 1. The Balaban J connectivity index is 0.00000145. The van der Waals surface area contributed by atoms with Gasteiger partial charge in [0, 0.05) is 0 Å². The van der Waals surface area contributed by atoms with Gasteiger partial charge < -0.3 is 9.59 Å². The summed E-state index contributed by atoms with van der Waals surface area (Å²) in [4.78, 5) is 27.5. The Morgan fingerprint density at radius 3 is 0.833 bits per heavy atom. The number of rotatable bonds is 36.